The number of benzene rings is 1. The second-order valence-corrected chi connectivity index (χ2v) is 11.1. The number of aryl methyl sites for hydroxylation is 1. The molecule has 2 aromatic heterocycles. The van der Waals surface area contributed by atoms with Gasteiger partial charge in [0.1, 0.15) is 15.8 Å². The van der Waals surface area contributed by atoms with Crippen molar-refractivity contribution < 1.29 is 4.79 Å². The summed E-state index contributed by atoms with van der Waals surface area (Å²) in [6, 6.07) is 13.9. The van der Waals surface area contributed by atoms with E-state index in [1.807, 2.05) is 37.3 Å². The van der Waals surface area contributed by atoms with Gasteiger partial charge in [0.25, 0.3) is 11.5 Å². The number of carbonyl (C=O) groups excluding carboxylic acids is 1. The molecule has 1 aromatic carbocycles. The molecule has 37 heavy (non-hydrogen) atoms. The Labute approximate surface area is 228 Å². The van der Waals surface area contributed by atoms with E-state index < -0.39 is 0 Å². The van der Waals surface area contributed by atoms with Crippen LogP contribution in [0.1, 0.15) is 62.1 Å². The zero-order valence-corrected chi connectivity index (χ0v) is 23.2. The van der Waals surface area contributed by atoms with E-state index in [0.717, 1.165) is 24.8 Å². The van der Waals surface area contributed by atoms with Crippen LogP contribution in [-0.4, -0.2) is 37.6 Å². The van der Waals surface area contributed by atoms with Gasteiger partial charge in [-0.25, -0.2) is 4.98 Å². The van der Waals surface area contributed by atoms with Gasteiger partial charge in [0.05, 0.1) is 10.5 Å². The topological polar surface area (TPSA) is 66.7 Å². The van der Waals surface area contributed by atoms with Crippen molar-refractivity contribution >= 4 is 51.7 Å². The summed E-state index contributed by atoms with van der Waals surface area (Å²) in [4.78, 5) is 33.7. The molecule has 0 atom stereocenters. The smallest absolute Gasteiger partial charge is 0.267 e. The van der Waals surface area contributed by atoms with Crippen molar-refractivity contribution in [2.24, 2.45) is 0 Å². The first kappa shape index (κ1) is 27.1. The van der Waals surface area contributed by atoms with Crippen LogP contribution in [0.15, 0.2) is 58.4 Å². The number of nitrogens with zero attached hydrogens (tertiary/aromatic N) is 3. The number of unbranched alkanes of at least 4 members (excludes halogenated alkanes) is 5. The number of hydrogen-bond acceptors (Lipinski definition) is 6. The van der Waals surface area contributed by atoms with Gasteiger partial charge < -0.3 is 5.32 Å². The minimum absolute atomic E-state index is 0.132. The van der Waals surface area contributed by atoms with E-state index in [0.29, 0.717) is 39.3 Å². The molecule has 0 radical (unpaired) electrons. The molecule has 8 heteroatoms. The maximum atomic E-state index is 13.6. The van der Waals surface area contributed by atoms with Gasteiger partial charge in [0.2, 0.25) is 0 Å². The van der Waals surface area contributed by atoms with Gasteiger partial charge in [-0.15, -0.1) is 0 Å². The fourth-order valence-corrected chi connectivity index (χ4v) is 5.66. The molecule has 1 fully saturated rings. The number of thiocarbonyl (C=S) groups is 1. The number of aromatic nitrogens is 2. The van der Waals surface area contributed by atoms with E-state index >= 15 is 0 Å². The highest BCUT2D eigenvalue weighted by molar-refractivity contribution is 8.26. The molecule has 1 amide bonds. The monoisotopic (exact) mass is 534 g/mol. The number of pyridine rings is 1. The molecular weight excluding hydrogens is 500 g/mol. The maximum Gasteiger partial charge on any atom is 0.267 e. The predicted octanol–water partition coefficient (Wildman–Crippen LogP) is 6.22. The third kappa shape index (κ3) is 6.87. The minimum Gasteiger partial charge on any atom is -0.369 e. The molecule has 0 bridgehead atoms. The van der Waals surface area contributed by atoms with Crippen molar-refractivity contribution in [3.05, 3.63) is 80.6 Å². The zero-order chi connectivity index (χ0) is 26.2. The number of nitrogens with one attached hydrogen (secondary N) is 1. The van der Waals surface area contributed by atoms with Gasteiger partial charge in [-0.2, -0.15) is 0 Å². The Morgan fingerprint density at radius 1 is 1.03 bits per heavy atom. The summed E-state index contributed by atoms with van der Waals surface area (Å²) in [5.74, 6) is 0.346. The number of amides is 1. The van der Waals surface area contributed by atoms with Crippen LogP contribution in [0.2, 0.25) is 0 Å². The standard InChI is InChI=1S/C29H34N4O2S2/c1-3-4-5-6-7-11-18-32-28(35)24(37-29(32)36)19-23-26(30-17-16-22-12-9-8-10-13-22)31-25-15-14-21(2)20-33(25)27(23)34/h8-10,12-15,19-20,30H,3-7,11,16-18H2,1-2H3. The third-order valence-electron chi connectivity index (χ3n) is 6.44. The summed E-state index contributed by atoms with van der Waals surface area (Å²) in [5, 5.41) is 3.34. The van der Waals surface area contributed by atoms with Gasteiger partial charge >= 0.3 is 0 Å². The molecular formula is C29H34N4O2S2. The molecule has 1 N–H and O–H groups in total. The van der Waals surface area contributed by atoms with E-state index in [-0.39, 0.29) is 11.5 Å². The first-order valence-electron chi connectivity index (χ1n) is 13.0. The average Bonchev–Trinajstić information content (AvgIpc) is 3.16. The van der Waals surface area contributed by atoms with Gasteiger partial charge in [0.15, 0.2) is 0 Å². The molecule has 0 unspecified atom stereocenters. The number of carbonyl (C=O) groups is 1. The second kappa shape index (κ2) is 13.0. The number of hydrogen-bond donors (Lipinski definition) is 1. The Bertz CT molecular complexity index is 1350. The molecule has 0 aliphatic carbocycles. The van der Waals surface area contributed by atoms with Crippen molar-refractivity contribution in [3.8, 4) is 0 Å². The van der Waals surface area contributed by atoms with Crippen LogP contribution >= 0.6 is 24.0 Å². The number of thioether (sulfide) groups is 1. The van der Waals surface area contributed by atoms with E-state index in [1.54, 1.807) is 21.6 Å². The molecule has 4 rings (SSSR count). The average molecular weight is 535 g/mol. The van der Waals surface area contributed by atoms with Crippen LogP contribution in [0, 0.1) is 6.92 Å². The summed E-state index contributed by atoms with van der Waals surface area (Å²) >= 11 is 6.79. The third-order valence-corrected chi connectivity index (χ3v) is 7.82. The Morgan fingerprint density at radius 2 is 1.78 bits per heavy atom. The highest BCUT2D eigenvalue weighted by atomic mass is 32.2. The maximum absolute atomic E-state index is 13.6. The Kier molecular flexibility index (Phi) is 9.52. The van der Waals surface area contributed by atoms with Crippen molar-refractivity contribution in [1.29, 1.82) is 0 Å². The largest absolute Gasteiger partial charge is 0.369 e. The lowest BCUT2D eigenvalue weighted by atomic mass is 10.1. The SMILES string of the molecule is CCCCCCCCN1C(=O)C(=Cc2c(NCCc3ccccc3)nc3ccc(C)cn3c2=O)SC1=S. The van der Waals surface area contributed by atoms with Crippen LogP contribution in [0.25, 0.3) is 11.7 Å². The summed E-state index contributed by atoms with van der Waals surface area (Å²) < 4.78 is 2.09. The summed E-state index contributed by atoms with van der Waals surface area (Å²) in [6.07, 6.45) is 11.1. The first-order valence-corrected chi connectivity index (χ1v) is 14.3. The van der Waals surface area contributed by atoms with Crippen LogP contribution in [0.5, 0.6) is 0 Å². The fourth-order valence-electron chi connectivity index (χ4n) is 4.37. The molecule has 3 heterocycles. The molecule has 0 saturated carbocycles. The van der Waals surface area contributed by atoms with E-state index in [4.69, 9.17) is 17.2 Å². The van der Waals surface area contributed by atoms with Crippen molar-refractivity contribution in [2.75, 3.05) is 18.4 Å². The van der Waals surface area contributed by atoms with Crippen molar-refractivity contribution in [3.63, 3.8) is 0 Å². The van der Waals surface area contributed by atoms with Gasteiger partial charge in [0, 0.05) is 19.3 Å². The normalized spacial score (nSPS) is 14.8. The summed E-state index contributed by atoms with van der Waals surface area (Å²) in [5.41, 5.74) is 2.87. The van der Waals surface area contributed by atoms with Crippen LogP contribution in [0.4, 0.5) is 5.82 Å². The lowest BCUT2D eigenvalue weighted by Crippen LogP contribution is -2.29. The number of fused-ring (bicyclic) bond motifs is 1. The number of anilines is 1. The molecule has 0 spiro atoms. The van der Waals surface area contributed by atoms with Crippen molar-refractivity contribution in [1.82, 2.24) is 14.3 Å². The Hall–Kier alpha value is -2.97. The molecule has 194 valence electrons. The lowest BCUT2D eigenvalue weighted by molar-refractivity contribution is -0.122. The van der Waals surface area contributed by atoms with Gasteiger partial charge in [-0.3, -0.25) is 18.9 Å². The molecule has 1 aliphatic rings. The summed E-state index contributed by atoms with van der Waals surface area (Å²) in [7, 11) is 0. The Morgan fingerprint density at radius 3 is 2.57 bits per heavy atom. The van der Waals surface area contributed by atoms with Gasteiger partial charge in [-0.05, 0) is 43.0 Å². The summed E-state index contributed by atoms with van der Waals surface area (Å²) in [6.45, 7) is 5.36. The second-order valence-electron chi connectivity index (χ2n) is 9.38. The first-order chi connectivity index (χ1) is 18.0. The molecule has 3 aromatic rings. The van der Waals surface area contributed by atoms with Crippen LogP contribution in [-0.2, 0) is 11.2 Å². The zero-order valence-electron chi connectivity index (χ0n) is 21.5. The van der Waals surface area contributed by atoms with E-state index in [1.165, 1.54) is 43.0 Å². The number of rotatable bonds is 12. The lowest BCUT2D eigenvalue weighted by Gasteiger charge is -2.14. The molecule has 6 nitrogen and oxygen atoms in total. The fraction of sp³-hybridized carbons (Fsp3) is 0.379. The highest BCUT2D eigenvalue weighted by Crippen LogP contribution is 2.33. The predicted molar refractivity (Wildman–Crippen MR) is 158 cm³/mol. The van der Waals surface area contributed by atoms with E-state index in [2.05, 4.69) is 24.4 Å². The van der Waals surface area contributed by atoms with Crippen LogP contribution < -0.4 is 10.9 Å². The van der Waals surface area contributed by atoms with Gasteiger partial charge in [-0.1, -0.05) is 99.4 Å². The quantitative estimate of drug-likeness (QED) is 0.169. The molecule has 1 saturated heterocycles. The Balaban J connectivity index is 1.57. The highest BCUT2D eigenvalue weighted by Gasteiger charge is 2.32. The minimum atomic E-state index is -0.211. The molecule has 1 aliphatic heterocycles. The van der Waals surface area contributed by atoms with E-state index in [9.17, 15) is 9.59 Å². The van der Waals surface area contributed by atoms with Crippen LogP contribution in [0.3, 0.4) is 0 Å². The van der Waals surface area contributed by atoms with Crippen molar-refractivity contribution in [2.45, 2.75) is 58.8 Å².